The first-order chi connectivity index (χ1) is 8.16. The predicted octanol–water partition coefficient (Wildman–Crippen LogP) is 2.91. The molecule has 0 aliphatic carbocycles. The molecule has 0 radical (unpaired) electrons. The molecule has 0 spiro atoms. The van der Waals surface area contributed by atoms with Gasteiger partial charge in [0, 0.05) is 11.6 Å². The Kier molecular flexibility index (Phi) is 3.71. The van der Waals surface area contributed by atoms with Gasteiger partial charge in [-0.15, -0.1) is 11.3 Å². The fraction of sp³-hybridized carbons (Fsp3) is 0.250. The van der Waals surface area contributed by atoms with Crippen molar-refractivity contribution >= 4 is 11.3 Å². The Bertz CT molecular complexity index is 485. The lowest BCUT2D eigenvalue weighted by atomic mass is 10.1. The van der Waals surface area contributed by atoms with Crippen molar-refractivity contribution < 1.29 is 14.2 Å². The van der Waals surface area contributed by atoms with E-state index in [1.807, 2.05) is 5.38 Å². The Hall–Kier alpha value is -1.46. The van der Waals surface area contributed by atoms with Gasteiger partial charge in [-0.05, 0) is 24.6 Å². The summed E-state index contributed by atoms with van der Waals surface area (Å²) < 4.78 is 18.9. The van der Waals surface area contributed by atoms with Gasteiger partial charge < -0.3 is 9.84 Å². The van der Waals surface area contributed by atoms with E-state index in [9.17, 15) is 9.50 Å². The number of aliphatic hydroxyl groups is 1. The molecule has 0 bridgehead atoms. The van der Waals surface area contributed by atoms with Gasteiger partial charge in [-0.25, -0.2) is 9.37 Å². The number of aromatic nitrogens is 1. The van der Waals surface area contributed by atoms with Crippen LogP contribution in [-0.4, -0.2) is 10.1 Å². The minimum atomic E-state index is -0.683. The van der Waals surface area contributed by atoms with Crippen LogP contribution in [0.25, 0.3) is 0 Å². The molecule has 3 nitrogen and oxygen atoms in total. The van der Waals surface area contributed by atoms with E-state index in [2.05, 4.69) is 4.98 Å². The van der Waals surface area contributed by atoms with E-state index in [0.29, 0.717) is 5.56 Å². The molecule has 17 heavy (non-hydrogen) atoms. The maximum atomic E-state index is 13.6. The lowest BCUT2D eigenvalue weighted by Gasteiger charge is -2.08. The van der Waals surface area contributed by atoms with Gasteiger partial charge in [0.25, 0.3) is 0 Å². The third kappa shape index (κ3) is 3.01. The zero-order valence-electron chi connectivity index (χ0n) is 9.26. The normalized spacial score (nSPS) is 12.4. The molecule has 1 aromatic carbocycles. The first-order valence-electron chi connectivity index (χ1n) is 5.15. The Morgan fingerprint density at radius 2 is 2.35 bits per heavy atom. The van der Waals surface area contributed by atoms with Gasteiger partial charge in [-0.3, -0.25) is 0 Å². The molecular weight excluding hydrogens is 241 g/mol. The highest BCUT2D eigenvalue weighted by atomic mass is 32.1. The highest BCUT2D eigenvalue weighted by molar-refractivity contribution is 7.09. The van der Waals surface area contributed by atoms with Crippen LogP contribution in [0.5, 0.6) is 5.75 Å². The van der Waals surface area contributed by atoms with Gasteiger partial charge in [-0.1, -0.05) is 6.07 Å². The number of aliphatic hydroxyl groups excluding tert-OH is 1. The van der Waals surface area contributed by atoms with E-state index < -0.39 is 11.9 Å². The van der Waals surface area contributed by atoms with Gasteiger partial charge in [0.1, 0.15) is 11.6 Å². The summed E-state index contributed by atoms with van der Waals surface area (Å²) in [6.45, 7) is 1.84. The second-order valence-corrected chi connectivity index (χ2v) is 4.56. The third-order valence-corrected chi connectivity index (χ3v) is 3.03. The van der Waals surface area contributed by atoms with Crippen LogP contribution >= 0.6 is 11.3 Å². The van der Waals surface area contributed by atoms with E-state index in [1.165, 1.54) is 23.5 Å². The summed E-state index contributed by atoms with van der Waals surface area (Å²) in [5, 5.41) is 11.9. The molecule has 0 fully saturated rings. The van der Waals surface area contributed by atoms with Crippen molar-refractivity contribution in [1.82, 2.24) is 4.98 Å². The number of hydrogen-bond acceptors (Lipinski definition) is 4. The van der Waals surface area contributed by atoms with Crippen LogP contribution < -0.4 is 4.74 Å². The summed E-state index contributed by atoms with van der Waals surface area (Å²) in [6, 6.07) is 4.44. The zero-order valence-corrected chi connectivity index (χ0v) is 10.1. The first kappa shape index (κ1) is 12.0. The maximum Gasteiger partial charge on any atom is 0.165 e. The van der Waals surface area contributed by atoms with Gasteiger partial charge >= 0.3 is 0 Å². The molecular formula is C12H12FNO2S. The summed E-state index contributed by atoms with van der Waals surface area (Å²) in [6.07, 6.45) is 0.994. The minimum absolute atomic E-state index is 0.171. The van der Waals surface area contributed by atoms with Gasteiger partial charge in [-0.2, -0.15) is 0 Å². The van der Waals surface area contributed by atoms with Crippen molar-refractivity contribution in [3.8, 4) is 5.75 Å². The number of halogens is 1. The van der Waals surface area contributed by atoms with Crippen LogP contribution in [0.2, 0.25) is 0 Å². The SMILES string of the molecule is C[C@@H](O)c1ccc(OCc2nccs2)c(F)c1. The summed E-state index contributed by atoms with van der Waals surface area (Å²) in [4.78, 5) is 4.04. The van der Waals surface area contributed by atoms with Crippen molar-refractivity contribution in [3.05, 3.63) is 46.2 Å². The smallest absolute Gasteiger partial charge is 0.165 e. The molecule has 1 N–H and O–H groups in total. The van der Waals surface area contributed by atoms with Crippen LogP contribution in [0.15, 0.2) is 29.8 Å². The molecule has 5 heteroatoms. The topological polar surface area (TPSA) is 42.4 Å². The second-order valence-electron chi connectivity index (χ2n) is 3.58. The molecule has 0 aliphatic heterocycles. The summed E-state index contributed by atoms with van der Waals surface area (Å²) >= 11 is 1.46. The third-order valence-electron chi connectivity index (χ3n) is 2.27. The average Bonchev–Trinajstić information content (AvgIpc) is 2.80. The van der Waals surface area contributed by atoms with Crippen molar-refractivity contribution in [3.63, 3.8) is 0 Å². The molecule has 0 aliphatic rings. The van der Waals surface area contributed by atoms with Crippen molar-refractivity contribution in [2.24, 2.45) is 0 Å². The quantitative estimate of drug-likeness (QED) is 0.911. The van der Waals surface area contributed by atoms with Gasteiger partial charge in [0.15, 0.2) is 11.6 Å². The molecule has 1 atom stereocenters. The first-order valence-corrected chi connectivity index (χ1v) is 6.03. The van der Waals surface area contributed by atoms with E-state index in [-0.39, 0.29) is 12.4 Å². The standard InChI is InChI=1S/C12H12FNO2S/c1-8(15)9-2-3-11(10(13)6-9)16-7-12-14-4-5-17-12/h2-6,8,15H,7H2,1H3/t8-/m1/s1. The van der Waals surface area contributed by atoms with Gasteiger partial charge in [0.05, 0.1) is 6.10 Å². The number of thiazole rings is 1. The van der Waals surface area contributed by atoms with Crippen LogP contribution in [-0.2, 0) is 6.61 Å². The average molecular weight is 253 g/mol. The lowest BCUT2D eigenvalue weighted by molar-refractivity contribution is 0.198. The van der Waals surface area contributed by atoms with Crippen LogP contribution in [0.3, 0.4) is 0 Å². The van der Waals surface area contributed by atoms with E-state index in [4.69, 9.17) is 4.74 Å². The van der Waals surface area contributed by atoms with Crippen LogP contribution in [0, 0.1) is 5.82 Å². The molecule has 0 saturated heterocycles. The second kappa shape index (κ2) is 5.25. The fourth-order valence-electron chi connectivity index (χ4n) is 1.36. The maximum absolute atomic E-state index is 13.6. The lowest BCUT2D eigenvalue weighted by Crippen LogP contribution is -1.98. The Balaban J connectivity index is 2.06. The Morgan fingerprint density at radius 3 is 2.94 bits per heavy atom. The van der Waals surface area contributed by atoms with Crippen molar-refractivity contribution in [1.29, 1.82) is 0 Å². The van der Waals surface area contributed by atoms with E-state index in [0.717, 1.165) is 5.01 Å². The van der Waals surface area contributed by atoms with Crippen molar-refractivity contribution in [2.45, 2.75) is 19.6 Å². The molecule has 2 rings (SSSR count). The number of ether oxygens (including phenoxy) is 1. The highest BCUT2D eigenvalue weighted by Gasteiger charge is 2.08. The fourth-order valence-corrected chi connectivity index (χ4v) is 1.89. The van der Waals surface area contributed by atoms with Crippen molar-refractivity contribution in [2.75, 3.05) is 0 Å². The van der Waals surface area contributed by atoms with Crippen LogP contribution in [0.1, 0.15) is 23.6 Å². The Labute approximate surface area is 103 Å². The van der Waals surface area contributed by atoms with E-state index >= 15 is 0 Å². The molecule has 2 aromatic rings. The summed E-state index contributed by atoms with van der Waals surface area (Å²) in [5.74, 6) is -0.301. The molecule has 90 valence electrons. The van der Waals surface area contributed by atoms with Crippen LogP contribution in [0.4, 0.5) is 4.39 Å². The molecule has 0 unspecified atom stereocenters. The molecule has 1 heterocycles. The monoisotopic (exact) mass is 253 g/mol. The molecule has 1 aromatic heterocycles. The predicted molar refractivity (Wildman–Crippen MR) is 63.5 cm³/mol. The molecule has 0 saturated carbocycles. The number of benzene rings is 1. The van der Waals surface area contributed by atoms with E-state index in [1.54, 1.807) is 19.2 Å². The summed E-state index contributed by atoms with van der Waals surface area (Å²) in [7, 11) is 0. The number of hydrogen-bond donors (Lipinski definition) is 1. The Morgan fingerprint density at radius 1 is 1.53 bits per heavy atom. The zero-order chi connectivity index (χ0) is 12.3. The number of rotatable bonds is 4. The molecule has 0 amide bonds. The largest absolute Gasteiger partial charge is 0.483 e. The number of nitrogens with zero attached hydrogens (tertiary/aromatic N) is 1. The minimum Gasteiger partial charge on any atom is -0.483 e. The van der Waals surface area contributed by atoms with Gasteiger partial charge in [0.2, 0.25) is 0 Å². The summed E-state index contributed by atoms with van der Waals surface area (Å²) in [5.41, 5.74) is 0.532. The highest BCUT2D eigenvalue weighted by Crippen LogP contribution is 2.23.